The van der Waals surface area contributed by atoms with Crippen molar-refractivity contribution in [2.75, 3.05) is 24.4 Å². The van der Waals surface area contributed by atoms with Crippen LogP contribution in [-0.2, 0) is 10.0 Å². The highest BCUT2D eigenvalue weighted by atomic mass is 32.2. The molecule has 0 radical (unpaired) electrons. The lowest BCUT2D eigenvalue weighted by molar-refractivity contribution is 0.0732. The molecular formula is C15H18N2O4S2. The van der Waals surface area contributed by atoms with Crippen LogP contribution in [0.4, 0.5) is 5.69 Å². The number of amides is 1. The zero-order chi connectivity index (χ0) is 16.9. The van der Waals surface area contributed by atoms with Gasteiger partial charge < -0.3 is 10.0 Å². The third-order valence-electron chi connectivity index (χ3n) is 3.18. The Kier molecular flexibility index (Phi) is 5.75. The molecule has 1 amide bonds. The molecule has 2 rings (SSSR count). The van der Waals surface area contributed by atoms with Crippen molar-refractivity contribution >= 4 is 33.0 Å². The quantitative estimate of drug-likeness (QED) is 0.796. The number of aliphatic hydroxyl groups excluding tert-OH is 1. The molecule has 0 saturated carbocycles. The number of anilines is 1. The zero-order valence-corrected chi connectivity index (χ0v) is 14.2. The summed E-state index contributed by atoms with van der Waals surface area (Å²) < 4.78 is 26.9. The number of thiophene rings is 1. The predicted molar refractivity (Wildman–Crippen MR) is 90.2 cm³/mol. The molecule has 0 fully saturated rings. The summed E-state index contributed by atoms with van der Waals surface area (Å²) in [6.07, 6.45) is 0. The molecule has 0 saturated heterocycles. The Labute approximate surface area is 139 Å². The van der Waals surface area contributed by atoms with Crippen molar-refractivity contribution in [3.63, 3.8) is 0 Å². The van der Waals surface area contributed by atoms with Crippen molar-refractivity contribution in [3.8, 4) is 0 Å². The third kappa shape index (κ3) is 4.31. The summed E-state index contributed by atoms with van der Waals surface area (Å²) >= 11 is 1.13. The lowest BCUT2D eigenvalue weighted by Crippen LogP contribution is -2.33. The molecule has 0 unspecified atom stereocenters. The van der Waals surface area contributed by atoms with E-state index in [0.29, 0.717) is 17.8 Å². The Morgan fingerprint density at radius 3 is 2.48 bits per heavy atom. The van der Waals surface area contributed by atoms with Crippen LogP contribution in [0.5, 0.6) is 0 Å². The van der Waals surface area contributed by atoms with Gasteiger partial charge in [-0.05, 0) is 42.6 Å². The van der Waals surface area contributed by atoms with Crippen molar-refractivity contribution in [2.24, 2.45) is 0 Å². The molecule has 6 nitrogen and oxygen atoms in total. The fraction of sp³-hybridized carbons (Fsp3) is 0.267. The first kappa shape index (κ1) is 17.5. The van der Waals surface area contributed by atoms with Crippen molar-refractivity contribution < 1.29 is 18.3 Å². The summed E-state index contributed by atoms with van der Waals surface area (Å²) in [5.41, 5.74) is 0.833. The number of sulfonamides is 1. The maximum Gasteiger partial charge on any atom is 0.271 e. The molecule has 0 bridgehead atoms. The van der Waals surface area contributed by atoms with E-state index in [2.05, 4.69) is 4.72 Å². The van der Waals surface area contributed by atoms with Crippen LogP contribution in [0.15, 0.2) is 46.0 Å². The number of benzene rings is 1. The van der Waals surface area contributed by atoms with Crippen molar-refractivity contribution in [3.05, 3.63) is 47.3 Å². The Morgan fingerprint density at radius 1 is 1.26 bits per heavy atom. The second-order valence-electron chi connectivity index (χ2n) is 4.72. The highest BCUT2D eigenvalue weighted by molar-refractivity contribution is 7.94. The number of nitrogens with zero attached hydrogens (tertiary/aromatic N) is 1. The Balaban J connectivity index is 2.12. The summed E-state index contributed by atoms with van der Waals surface area (Å²) in [6.45, 7) is 2.49. The van der Waals surface area contributed by atoms with Gasteiger partial charge in [0.25, 0.3) is 15.9 Å². The summed E-state index contributed by atoms with van der Waals surface area (Å²) in [6, 6.07) is 9.42. The number of hydrogen-bond donors (Lipinski definition) is 2. The summed E-state index contributed by atoms with van der Waals surface area (Å²) in [5, 5.41) is 10.6. The topological polar surface area (TPSA) is 86.7 Å². The highest BCUT2D eigenvalue weighted by Crippen LogP contribution is 2.20. The van der Waals surface area contributed by atoms with Crippen LogP contribution in [0, 0.1) is 0 Å². The minimum Gasteiger partial charge on any atom is -0.395 e. The van der Waals surface area contributed by atoms with Crippen molar-refractivity contribution in [1.82, 2.24) is 4.90 Å². The summed E-state index contributed by atoms with van der Waals surface area (Å²) in [4.78, 5) is 13.7. The van der Waals surface area contributed by atoms with Crippen molar-refractivity contribution in [2.45, 2.75) is 11.1 Å². The lowest BCUT2D eigenvalue weighted by atomic mass is 10.2. The fourth-order valence-electron chi connectivity index (χ4n) is 2.01. The lowest BCUT2D eigenvalue weighted by Gasteiger charge is -2.19. The number of nitrogens with one attached hydrogen (secondary N) is 1. The van der Waals surface area contributed by atoms with Gasteiger partial charge >= 0.3 is 0 Å². The smallest absolute Gasteiger partial charge is 0.271 e. The average molecular weight is 354 g/mol. The minimum absolute atomic E-state index is 0.0989. The van der Waals surface area contributed by atoms with E-state index in [0.717, 1.165) is 11.3 Å². The predicted octanol–water partition coefficient (Wildman–Crippen LogP) is 2.00. The maximum absolute atomic E-state index is 12.2. The van der Waals surface area contributed by atoms with Crippen LogP contribution in [0.25, 0.3) is 0 Å². The van der Waals surface area contributed by atoms with Crippen LogP contribution in [0.2, 0.25) is 0 Å². The molecule has 23 heavy (non-hydrogen) atoms. The average Bonchev–Trinajstić information content (AvgIpc) is 3.08. The van der Waals surface area contributed by atoms with Crippen LogP contribution in [0.3, 0.4) is 0 Å². The first-order chi connectivity index (χ1) is 11.0. The molecule has 1 heterocycles. The number of hydrogen-bond acceptors (Lipinski definition) is 5. The van der Waals surface area contributed by atoms with Crippen LogP contribution in [0.1, 0.15) is 17.3 Å². The van der Waals surface area contributed by atoms with Gasteiger partial charge in [0.05, 0.1) is 6.61 Å². The van der Waals surface area contributed by atoms with Crippen LogP contribution in [-0.4, -0.2) is 44.0 Å². The van der Waals surface area contributed by atoms with E-state index in [1.165, 1.54) is 11.0 Å². The normalized spacial score (nSPS) is 11.2. The minimum atomic E-state index is -3.59. The van der Waals surface area contributed by atoms with Gasteiger partial charge in [-0.3, -0.25) is 9.52 Å². The highest BCUT2D eigenvalue weighted by Gasteiger charge is 2.16. The van der Waals surface area contributed by atoms with E-state index in [1.54, 1.807) is 35.7 Å². The van der Waals surface area contributed by atoms with Gasteiger partial charge in [-0.1, -0.05) is 6.07 Å². The maximum atomic E-state index is 12.2. The molecule has 0 aliphatic heterocycles. The first-order valence-electron chi connectivity index (χ1n) is 7.04. The van der Waals surface area contributed by atoms with Gasteiger partial charge in [0.1, 0.15) is 4.21 Å². The Bertz CT molecular complexity index is 740. The van der Waals surface area contributed by atoms with Crippen LogP contribution < -0.4 is 4.72 Å². The fourth-order valence-corrected chi connectivity index (χ4v) is 4.06. The molecule has 2 N–H and O–H groups in total. The Morgan fingerprint density at radius 2 is 1.96 bits per heavy atom. The van der Waals surface area contributed by atoms with E-state index >= 15 is 0 Å². The number of carbonyl (C=O) groups is 1. The molecule has 0 aliphatic rings. The van der Waals surface area contributed by atoms with E-state index in [9.17, 15) is 13.2 Å². The van der Waals surface area contributed by atoms with Gasteiger partial charge in [-0.25, -0.2) is 8.42 Å². The largest absolute Gasteiger partial charge is 0.395 e. The number of likely N-dealkylation sites (N-methyl/N-ethyl adjacent to an activating group) is 1. The zero-order valence-electron chi connectivity index (χ0n) is 12.6. The van der Waals surface area contributed by atoms with Gasteiger partial charge in [0.2, 0.25) is 0 Å². The van der Waals surface area contributed by atoms with Gasteiger partial charge in [0, 0.05) is 24.3 Å². The van der Waals surface area contributed by atoms with E-state index in [1.807, 2.05) is 6.92 Å². The molecule has 1 aromatic heterocycles. The van der Waals surface area contributed by atoms with Gasteiger partial charge in [-0.15, -0.1) is 11.3 Å². The number of carbonyl (C=O) groups excluding carboxylic acids is 1. The van der Waals surface area contributed by atoms with E-state index < -0.39 is 10.0 Å². The molecule has 2 aromatic rings. The molecule has 124 valence electrons. The molecule has 0 spiro atoms. The molecular weight excluding hydrogens is 336 g/mol. The van der Waals surface area contributed by atoms with Crippen LogP contribution >= 0.6 is 11.3 Å². The molecule has 1 aromatic carbocycles. The molecule has 0 atom stereocenters. The van der Waals surface area contributed by atoms with Gasteiger partial charge in [-0.2, -0.15) is 0 Å². The molecule has 0 aliphatic carbocycles. The number of aliphatic hydroxyl groups is 1. The third-order valence-corrected chi connectivity index (χ3v) is 5.96. The van der Waals surface area contributed by atoms with Gasteiger partial charge in [0.15, 0.2) is 0 Å². The standard InChI is InChI=1S/C15H18N2O4S2/c1-2-17(9-10-18)15(19)12-5-7-13(8-6-12)16-23(20,21)14-4-3-11-22-14/h3-8,11,16,18H,2,9-10H2,1H3. The second kappa shape index (κ2) is 7.58. The van der Waals surface area contributed by atoms with E-state index in [-0.39, 0.29) is 23.3 Å². The molecule has 8 heteroatoms. The number of rotatable bonds is 7. The first-order valence-corrected chi connectivity index (χ1v) is 9.40. The summed E-state index contributed by atoms with van der Waals surface area (Å²) in [5.74, 6) is -0.200. The monoisotopic (exact) mass is 354 g/mol. The summed E-state index contributed by atoms with van der Waals surface area (Å²) in [7, 11) is -3.59. The van der Waals surface area contributed by atoms with Crippen molar-refractivity contribution in [1.29, 1.82) is 0 Å². The Hall–Kier alpha value is -1.90. The second-order valence-corrected chi connectivity index (χ2v) is 7.58. The SMILES string of the molecule is CCN(CCO)C(=O)c1ccc(NS(=O)(=O)c2cccs2)cc1. The van der Waals surface area contributed by atoms with E-state index in [4.69, 9.17) is 5.11 Å².